The Kier molecular flexibility index (Phi) is 12.0. The van der Waals surface area contributed by atoms with Crippen molar-refractivity contribution in [2.75, 3.05) is 51.1 Å². The van der Waals surface area contributed by atoms with Gasteiger partial charge in [0.2, 0.25) is 0 Å². The summed E-state index contributed by atoms with van der Waals surface area (Å²) >= 11 is 0. The average Bonchev–Trinajstić information content (AvgIpc) is 3.78. The highest BCUT2D eigenvalue weighted by molar-refractivity contribution is 5.97. The van der Waals surface area contributed by atoms with E-state index >= 15 is 4.39 Å². The van der Waals surface area contributed by atoms with Gasteiger partial charge in [0.25, 0.3) is 0 Å². The van der Waals surface area contributed by atoms with E-state index < -0.39 is 18.0 Å². The van der Waals surface area contributed by atoms with Crippen LogP contribution in [0.1, 0.15) is 63.5 Å². The highest BCUT2D eigenvalue weighted by Crippen LogP contribution is 2.35. The molecule has 3 amide bonds. The van der Waals surface area contributed by atoms with Crippen LogP contribution in [-0.4, -0.2) is 110 Å². The molecule has 2 aromatic heterocycles. The van der Waals surface area contributed by atoms with Crippen LogP contribution in [0, 0.1) is 30.5 Å². The molecule has 0 spiro atoms. The van der Waals surface area contributed by atoms with E-state index in [0.29, 0.717) is 66.2 Å². The number of aliphatic hydroxyl groups is 1. The maximum absolute atomic E-state index is 15.1. The third-order valence-corrected chi connectivity index (χ3v) is 11.8. The molecule has 0 radical (unpaired) electrons. The number of β-amino-alcohol motifs (C(OH)–C–C–N with tert-alkyl or cyclic N) is 1. The molecule has 3 aliphatic heterocycles. The number of rotatable bonds is 11. The molecule has 3 saturated heterocycles. The normalized spacial score (nSPS) is 20.2. The van der Waals surface area contributed by atoms with E-state index in [9.17, 15) is 19.8 Å². The fraction of sp³-hybridized carbons (Fsp3) is 0.524. The third kappa shape index (κ3) is 9.28. The summed E-state index contributed by atoms with van der Waals surface area (Å²) in [5.41, 5.74) is 5.71. The SMILES string of the molecule is Cc1c(NC(=O)N2C[C@@H](CC(C)C)[C@H](O)C2)cc(F)cc1-c1ncnc2[nH]c(-c3ccc(COC4CCN(CCC5CCN(C(=O)O)CC5)CC4)cc3)cc12. The van der Waals surface area contributed by atoms with Crippen LogP contribution in [0.15, 0.2) is 48.8 Å². The van der Waals surface area contributed by atoms with Crippen LogP contribution in [0.2, 0.25) is 0 Å². The summed E-state index contributed by atoms with van der Waals surface area (Å²) in [7, 11) is 0. The lowest BCUT2D eigenvalue weighted by molar-refractivity contribution is -0.00365. The summed E-state index contributed by atoms with van der Waals surface area (Å²) in [6, 6.07) is 12.6. The van der Waals surface area contributed by atoms with Crippen molar-refractivity contribution >= 4 is 28.8 Å². The van der Waals surface area contributed by atoms with E-state index in [0.717, 1.165) is 80.4 Å². The second-order valence-corrected chi connectivity index (χ2v) is 16.1. The van der Waals surface area contributed by atoms with Gasteiger partial charge < -0.3 is 40.0 Å². The molecule has 13 heteroatoms. The molecule has 0 unspecified atom stereocenters. The highest BCUT2D eigenvalue weighted by Gasteiger charge is 2.34. The molecule has 2 aromatic carbocycles. The fourth-order valence-electron chi connectivity index (χ4n) is 8.49. The Hall–Kier alpha value is -4.59. The van der Waals surface area contributed by atoms with Crippen LogP contribution in [-0.2, 0) is 11.3 Å². The number of H-pyrrole nitrogens is 1. The minimum absolute atomic E-state index is 0.0200. The summed E-state index contributed by atoms with van der Waals surface area (Å²) in [5.74, 6) is 0.549. The summed E-state index contributed by atoms with van der Waals surface area (Å²) in [4.78, 5) is 42.5. The first-order valence-corrected chi connectivity index (χ1v) is 19.8. The number of amides is 3. The molecule has 4 aromatic rings. The van der Waals surface area contributed by atoms with Gasteiger partial charge in [-0.2, -0.15) is 0 Å². The molecule has 294 valence electrons. The van der Waals surface area contributed by atoms with Crippen molar-refractivity contribution < 1.29 is 28.9 Å². The van der Waals surface area contributed by atoms with Crippen molar-refractivity contribution in [2.45, 2.75) is 78.1 Å². The van der Waals surface area contributed by atoms with Crippen LogP contribution in [0.3, 0.4) is 0 Å². The van der Waals surface area contributed by atoms with E-state index in [2.05, 4.69) is 63.3 Å². The molecule has 0 bridgehead atoms. The van der Waals surface area contributed by atoms with Crippen molar-refractivity contribution in [3.63, 3.8) is 0 Å². The number of aliphatic hydroxyl groups excluding tert-OH is 1. The minimum atomic E-state index is -0.801. The molecule has 0 saturated carbocycles. The smallest absolute Gasteiger partial charge is 0.407 e. The monoisotopic (exact) mass is 755 g/mol. The van der Waals surface area contributed by atoms with E-state index in [-0.39, 0.29) is 24.6 Å². The molecule has 4 N–H and O–H groups in total. The zero-order chi connectivity index (χ0) is 38.6. The molecule has 12 nitrogen and oxygen atoms in total. The largest absolute Gasteiger partial charge is 0.465 e. The van der Waals surface area contributed by atoms with Crippen molar-refractivity contribution in [3.8, 4) is 22.5 Å². The molecule has 3 aliphatic rings. The number of nitrogens with one attached hydrogen (secondary N) is 2. The van der Waals surface area contributed by atoms with Crippen LogP contribution >= 0.6 is 0 Å². The number of halogens is 1. The predicted molar refractivity (Wildman–Crippen MR) is 210 cm³/mol. The standard InChI is InChI=1S/C42H54FN7O5/c1-26(2)18-31-22-50(23-38(31)51)41(52)47-36-20-32(43)19-34(27(36)3)39-35-21-37(46-40(35)45-25-44-39)30-6-4-29(5-7-30)24-55-33-11-14-48(15-12-33)13-8-28-9-16-49(17-10-28)42(53)54/h4-7,19-21,25-26,28,31,33,38,51H,8-18,22-24H2,1-3H3,(H,47,52)(H,53,54)(H,44,45,46)/t31-,38-/m1/s1. The number of hydrogen-bond acceptors (Lipinski definition) is 7. The van der Waals surface area contributed by atoms with Gasteiger partial charge in [0, 0.05) is 67.5 Å². The van der Waals surface area contributed by atoms with Crippen molar-refractivity contribution in [1.82, 2.24) is 29.7 Å². The number of benzene rings is 2. The second kappa shape index (κ2) is 17.1. The maximum atomic E-state index is 15.1. The molecule has 7 rings (SSSR count). The van der Waals surface area contributed by atoms with E-state index in [1.54, 1.807) is 4.90 Å². The van der Waals surface area contributed by atoms with Gasteiger partial charge in [0.15, 0.2) is 0 Å². The predicted octanol–water partition coefficient (Wildman–Crippen LogP) is 7.37. The van der Waals surface area contributed by atoms with Gasteiger partial charge in [0.05, 0.1) is 24.5 Å². The summed E-state index contributed by atoms with van der Waals surface area (Å²) in [5, 5.41) is 23.4. The number of piperidine rings is 2. The van der Waals surface area contributed by atoms with Crippen LogP contribution in [0.5, 0.6) is 0 Å². The van der Waals surface area contributed by atoms with Gasteiger partial charge in [-0.25, -0.2) is 23.9 Å². The van der Waals surface area contributed by atoms with Crippen LogP contribution in [0.25, 0.3) is 33.5 Å². The van der Waals surface area contributed by atoms with Gasteiger partial charge in [-0.15, -0.1) is 0 Å². The highest BCUT2D eigenvalue weighted by atomic mass is 19.1. The first-order chi connectivity index (χ1) is 26.5. The number of carboxylic acid groups (broad SMARTS) is 1. The van der Waals surface area contributed by atoms with Crippen molar-refractivity contribution in [2.24, 2.45) is 17.8 Å². The number of carbonyl (C=O) groups is 2. The second-order valence-electron chi connectivity index (χ2n) is 16.1. The van der Waals surface area contributed by atoms with Gasteiger partial charge in [-0.3, -0.25) is 0 Å². The number of anilines is 1. The molecule has 3 fully saturated rings. The number of nitrogens with zero attached hydrogens (tertiary/aromatic N) is 5. The molecule has 5 heterocycles. The Balaban J connectivity index is 0.943. The Bertz CT molecular complexity index is 1950. The Morgan fingerprint density at radius 2 is 1.75 bits per heavy atom. The van der Waals surface area contributed by atoms with Crippen LogP contribution in [0.4, 0.5) is 19.7 Å². The van der Waals surface area contributed by atoms with Crippen molar-refractivity contribution in [3.05, 3.63) is 65.7 Å². The van der Waals surface area contributed by atoms with Gasteiger partial charge in [-0.1, -0.05) is 38.1 Å². The fourth-order valence-corrected chi connectivity index (χ4v) is 8.49. The summed E-state index contributed by atoms with van der Waals surface area (Å²) in [6.07, 6.45) is 6.22. The number of fused-ring (bicyclic) bond motifs is 1. The quantitative estimate of drug-likeness (QED) is 0.124. The number of carbonyl (C=O) groups excluding carboxylic acids is 1. The third-order valence-electron chi connectivity index (χ3n) is 11.8. The molecule has 2 atom stereocenters. The molecule has 55 heavy (non-hydrogen) atoms. The van der Waals surface area contributed by atoms with Gasteiger partial charge in [0.1, 0.15) is 17.8 Å². The Morgan fingerprint density at radius 3 is 2.45 bits per heavy atom. The topological polar surface area (TPSA) is 147 Å². The van der Waals surface area contributed by atoms with Gasteiger partial charge >= 0.3 is 12.1 Å². The maximum Gasteiger partial charge on any atom is 0.407 e. The van der Waals surface area contributed by atoms with E-state index in [1.165, 1.54) is 23.4 Å². The first kappa shape index (κ1) is 38.7. The first-order valence-electron chi connectivity index (χ1n) is 19.8. The number of urea groups is 1. The number of ether oxygens (including phenoxy) is 1. The Labute approximate surface area is 322 Å². The summed E-state index contributed by atoms with van der Waals surface area (Å²) < 4.78 is 21.5. The zero-order valence-electron chi connectivity index (χ0n) is 32.1. The minimum Gasteiger partial charge on any atom is -0.465 e. The number of aromatic amines is 1. The van der Waals surface area contributed by atoms with Gasteiger partial charge in [-0.05, 0) is 98.7 Å². The molecular formula is C42H54FN7O5. The Morgan fingerprint density at radius 1 is 1.00 bits per heavy atom. The number of hydrogen-bond donors (Lipinski definition) is 4. The zero-order valence-corrected chi connectivity index (χ0v) is 32.1. The van der Waals surface area contributed by atoms with Crippen LogP contribution < -0.4 is 5.32 Å². The average molecular weight is 756 g/mol. The lowest BCUT2D eigenvalue weighted by Gasteiger charge is -2.34. The number of likely N-dealkylation sites (tertiary alicyclic amines) is 3. The molecule has 0 aliphatic carbocycles. The lowest BCUT2D eigenvalue weighted by atomic mass is 9.93. The van der Waals surface area contributed by atoms with E-state index in [4.69, 9.17) is 4.74 Å². The lowest BCUT2D eigenvalue weighted by Crippen LogP contribution is -2.40. The van der Waals surface area contributed by atoms with Crippen molar-refractivity contribution in [1.29, 1.82) is 0 Å². The van der Waals surface area contributed by atoms with E-state index in [1.807, 2.05) is 13.0 Å². The number of aromatic nitrogens is 3. The summed E-state index contributed by atoms with van der Waals surface area (Å²) in [6.45, 7) is 11.7. The molecular weight excluding hydrogens is 702 g/mol.